The van der Waals surface area contributed by atoms with E-state index < -0.39 is 10.0 Å². The monoisotopic (exact) mass is 270 g/mol. The van der Waals surface area contributed by atoms with Crippen molar-refractivity contribution in [1.29, 1.82) is 0 Å². The summed E-state index contributed by atoms with van der Waals surface area (Å²) in [5.41, 5.74) is 0.438. The van der Waals surface area contributed by atoms with Crippen LogP contribution >= 0.6 is 11.3 Å². The predicted molar refractivity (Wildman–Crippen MR) is 65.3 cm³/mol. The van der Waals surface area contributed by atoms with Crippen molar-refractivity contribution < 1.29 is 13.5 Å². The third kappa shape index (κ3) is 2.63. The number of nitrogens with one attached hydrogen (secondary N) is 1. The number of thiophene rings is 1. The second-order valence-corrected chi connectivity index (χ2v) is 6.06. The number of aliphatic hydroxyl groups is 1. The maximum absolute atomic E-state index is 11.9. The van der Waals surface area contributed by atoms with Crippen LogP contribution in [0.25, 0.3) is 0 Å². The van der Waals surface area contributed by atoms with Crippen molar-refractivity contribution in [2.45, 2.75) is 10.8 Å². The molecule has 2 N–H and O–H groups in total. The van der Waals surface area contributed by atoms with Gasteiger partial charge in [-0.05, 0) is 17.5 Å². The van der Waals surface area contributed by atoms with Crippen molar-refractivity contribution in [1.82, 2.24) is 4.98 Å². The van der Waals surface area contributed by atoms with Crippen LogP contribution in [0.3, 0.4) is 0 Å². The fourth-order valence-electron chi connectivity index (χ4n) is 1.25. The van der Waals surface area contributed by atoms with Gasteiger partial charge in [-0.25, -0.2) is 13.4 Å². The number of pyridine rings is 1. The van der Waals surface area contributed by atoms with E-state index in [1.807, 2.05) is 0 Å². The summed E-state index contributed by atoms with van der Waals surface area (Å²) in [5, 5.41) is 10.8. The molecule has 0 saturated heterocycles. The van der Waals surface area contributed by atoms with Crippen molar-refractivity contribution in [3.05, 3.63) is 41.4 Å². The number of sulfonamides is 1. The maximum atomic E-state index is 11.9. The molecule has 0 aliphatic heterocycles. The van der Waals surface area contributed by atoms with Crippen LogP contribution in [0.15, 0.2) is 40.1 Å². The number of hydrogen-bond donors (Lipinski definition) is 2. The van der Waals surface area contributed by atoms with Crippen LogP contribution in [0, 0.1) is 0 Å². The summed E-state index contributed by atoms with van der Waals surface area (Å²) in [6.07, 6.45) is 1.46. The molecule has 5 nitrogen and oxygen atoms in total. The lowest BCUT2D eigenvalue weighted by atomic mass is 10.3. The van der Waals surface area contributed by atoms with Gasteiger partial charge in [-0.3, -0.25) is 4.72 Å². The molecule has 0 unspecified atom stereocenters. The number of rotatable bonds is 4. The first-order valence-corrected chi connectivity index (χ1v) is 7.11. The standard InChI is InChI=1S/C10H10N2O3S2/c13-7-8-3-1-5-11-10(8)12-17(14,15)9-4-2-6-16-9/h1-6,13H,7H2,(H,11,12). The summed E-state index contributed by atoms with van der Waals surface area (Å²) in [6, 6.07) is 6.41. The third-order valence-electron chi connectivity index (χ3n) is 2.05. The van der Waals surface area contributed by atoms with E-state index in [-0.39, 0.29) is 16.6 Å². The van der Waals surface area contributed by atoms with Crippen LogP contribution in [0.4, 0.5) is 5.82 Å². The van der Waals surface area contributed by atoms with Crippen molar-refractivity contribution in [3.8, 4) is 0 Å². The molecular formula is C10H10N2O3S2. The highest BCUT2D eigenvalue weighted by molar-refractivity contribution is 7.94. The quantitative estimate of drug-likeness (QED) is 0.881. The number of anilines is 1. The Labute approximate surface area is 103 Å². The van der Waals surface area contributed by atoms with E-state index in [4.69, 9.17) is 5.11 Å². The SMILES string of the molecule is O=S(=O)(Nc1ncccc1CO)c1cccs1. The van der Waals surface area contributed by atoms with E-state index in [9.17, 15) is 8.42 Å². The molecule has 0 fully saturated rings. The van der Waals surface area contributed by atoms with Crippen LogP contribution in [0.5, 0.6) is 0 Å². The van der Waals surface area contributed by atoms with Gasteiger partial charge in [0.1, 0.15) is 10.0 Å². The molecule has 2 rings (SSSR count). The van der Waals surface area contributed by atoms with E-state index in [1.54, 1.807) is 23.6 Å². The number of aromatic nitrogens is 1. The number of nitrogens with zero attached hydrogens (tertiary/aromatic N) is 1. The number of hydrogen-bond acceptors (Lipinski definition) is 5. The van der Waals surface area contributed by atoms with Crippen molar-refractivity contribution in [3.63, 3.8) is 0 Å². The van der Waals surface area contributed by atoms with Gasteiger partial charge in [-0.1, -0.05) is 12.1 Å². The average Bonchev–Trinajstić information content (AvgIpc) is 2.83. The Balaban J connectivity index is 2.33. The third-order valence-corrected chi connectivity index (χ3v) is 4.79. The largest absolute Gasteiger partial charge is 0.392 e. The molecule has 0 atom stereocenters. The van der Waals surface area contributed by atoms with Gasteiger partial charge in [-0.2, -0.15) is 0 Å². The molecule has 0 bridgehead atoms. The lowest BCUT2D eigenvalue weighted by Crippen LogP contribution is -2.14. The van der Waals surface area contributed by atoms with Gasteiger partial charge in [0.25, 0.3) is 10.0 Å². The van der Waals surface area contributed by atoms with Crippen molar-refractivity contribution in [2.75, 3.05) is 4.72 Å². The molecule has 7 heteroatoms. The Morgan fingerprint density at radius 3 is 2.82 bits per heavy atom. The Hall–Kier alpha value is -1.44. The molecule has 0 aliphatic carbocycles. The van der Waals surface area contributed by atoms with Crippen molar-refractivity contribution >= 4 is 27.2 Å². The fourth-order valence-corrected chi connectivity index (χ4v) is 3.30. The van der Waals surface area contributed by atoms with Gasteiger partial charge in [0, 0.05) is 11.8 Å². The van der Waals surface area contributed by atoms with Gasteiger partial charge in [0.15, 0.2) is 0 Å². The topological polar surface area (TPSA) is 79.3 Å². The van der Waals surface area contributed by atoms with E-state index in [0.29, 0.717) is 5.56 Å². The second-order valence-electron chi connectivity index (χ2n) is 3.21. The minimum absolute atomic E-state index is 0.156. The summed E-state index contributed by atoms with van der Waals surface area (Å²) >= 11 is 1.12. The highest BCUT2D eigenvalue weighted by Gasteiger charge is 2.17. The molecule has 0 spiro atoms. The van der Waals surface area contributed by atoms with Crippen molar-refractivity contribution in [2.24, 2.45) is 0 Å². The molecule has 0 radical (unpaired) electrons. The number of aliphatic hydroxyl groups excluding tert-OH is 1. The molecule has 2 aromatic rings. The molecule has 90 valence electrons. The van der Waals surface area contributed by atoms with E-state index in [1.165, 1.54) is 12.3 Å². The first-order chi connectivity index (χ1) is 8.13. The Morgan fingerprint density at radius 1 is 1.35 bits per heavy atom. The minimum Gasteiger partial charge on any atom is -0.392 e. The molecular weight excluding hydrogens is 260 g/mol. The normalized spacial score (nSPS) is 11.4. The van der Waals surface area contributed by atoms with Gasteiger partial charge in [-0.15, -0.1) is 11.3 Å². The van der Waals surface area contributed by atoms with Crippen LogP contribution in [-0.2, 0) is 16.6 Å². The molecule has 0 aromatic carbocycles. The first kappa shape index (κ1) is 12.0. The molecule has 2 heterocycles. The van der Waals surface area contributed by atoms with E-state index in [2.05, 4.69) is 9.71 Å². The zero-order valence-electron chi connectivity index (χ0n) is 8.70. The summed E-state index contributed by atoms with van der Waals surface area (Å²) in [7, 11) is -3.61. The average molecular weight is 270 g/mol. The fraction of sp³-hybridized carbons (Fsp3) is 0.100. The molecule has 0 amide bonds. The van der Waals surface area contributed by atoms with Crippen LogP contribution in [0.1, 0.15) is 5.56 Å². The smallest absolute Gasteiger partial charge is 0.272 e. The van der Waals surface area contributed by atoms with Gasteiger partial charge >= 0.3 is 0 Å². The summed E-state index contributed by atoms with van der Waals surface area (Å²) in [5.74, 6) is 0.156. The molecule has 0 aliphatic rings. The summed E-state index contributed by atoms with van der Waals surface area (Å²) in [4.78, 5) is 3.90. The van der Waals surface area contributed by atoms with Crippen LogP contribution in [-0.4, -0.2) is 18.5 Å². The highest BCUT2D eigenvalue weighted by atomic mass is 32.2. The predicted octanol–water partition coefficient (Wildman–Crippen LogP) is 1.44. The lowest BCUT2D eigenvalue weighted by molar-refractivity contribution is 0.282. The van der Waals surface area contributed by atoms with Crippen LogP contribution < -0.4 is 4.72 Å². The van der Waals surface area contributed by atoms with Gasteiger partial charge in [0.2, 0.25) is 0 Å². The molecule has 2 aromatic heterocycles. The van der Waals surface area contributed by atoms with E-state index in [0.717, 1.165) is 11.3 Å². The Morgan fingerprint density at radius 2 is 2.18 bits per heavy atom. The van der Waals surface area contributed by atoms with Gasteiger partial charge < -0.3 is 5.11 Å². The zero-order valence-corrected chi connectivity index (χ0v) is 10.3. The summed E-state index contributed by atoms with van der Waals surface area (Å²) < 4.78 is 26.4. The minimum atomic E-state index is -3.61. The maximum Gasteiger partial charge on any atom is 0.272 e. The Bertz CT molecular complexity index is 594. The lowest BCUT2D eigenvalue weighted by Gasteiger charge is -2.08. The molecule has 17 heavy (non-hydrogen) atoms. The zero-order chi connectivity index (χ0) is 12.3. The van der Waals surface area contributed by atoms with Crippen LogP contribution in [0.2, 0.25) is 0 Å². The van der Waals surface area contributed by atoms with E-state index >= 15 is 0 Å². The second kappa shape index (κ2) is 4.82. The summed E-state index contributed by atoms with van der Waals surface area (Å²) in [6.45, 7) is -0.268. The van der Waals surface area contributed by atoms with Gasteiger partial charge in [0.05, 0.1) is 6.61 Å². The first-order valence-electron chi connectivity index (χ1n) is 4.74. The highest BCUT2D eigenvalue weighted by Crippen LogP contribution is 2.20. The Kier molecular flexibility index (Phi) is 3.41. The molecule has 0 saturated carbocycles.